The second-order valence-electron chi connectivity index (χ2n) is 4.03. The molecule has 2 nitrogen and oxygen atoms in total. The van der Waals surface area contributed by atoms with Crippen molar-refractivity contribution in [1.29, 1.82) is 0 Å². The molecule has 0 aliphatic heterocycles. The number of benzene rings is 2. The van der Waals surface area contributed by atoms with Crippen LogP contribution in [0.1, 0.15) is 5.56 Å². The van der Waals surface area contributed by atoms with Crippen molar-refractivity contribution in [3.63, 3.8) is 0 Å². The molecule has 96 valence electrons. The van der Waals surface area contributed by atoms with E-state index in [1.165, 1.54) is 6.08 Å². The molecule has 2 aromatic carbocycles. The van der Waals surface area contributed by atoms with Crippen molar-refractivity contribution in [2.75, 3.05) is 0 Å². The molecule has 3 heteroatoms. The highest BCUT2D eigenvalue weighted by Crippen LogP contribution is 2.19. The standard InChI is InChI=1S/C16H14O2S/c1-14(12-13-15-8-4-2-5-9-15)19(17,18)16-10-6-3-7-11-16/h2-13H,1H2/b13-12+. The Morgan fingerprint density at radius 1 is 0.895 bits per heavy atom. The topological polar surface area (TPSA) is 34.1 Å². The van der Waals surface area contributed by atoms with Crippen LogP contribution in [0.15, 0.2) is 83.1 Å². The minimum Gasteiger partial charge on any atom is -0.219 e. The molecule has 0 saturated heterocycles. The van der Waals surface area contributed by atoms with E-state index in [0.717, 1.165) is 5.56 Å². The molecule has 0 spiro atoms. The molecule has 19 heavy (non-hydrogen) atoms. The van der Waals surface area contributed by atoms with Crippen molar-refractivity contribution < 1.29 is 8.42 Å². The van der Waals surface area contributed by atoms with Crippen LogP contribution < -0.4 is 0 Å². The predicted octanol–water partition coefficient (Wildman–Crippen LogP) is 3.69. The molecule has 0 aromatic heterocycles. The third-order valence-corrected chi connectivity index (χ3v) is 4.38. The molecule has 2 aromatic rings. The molecule has 0 fully saturated rings. The Kier molecular flexibility index (Phi) is 3.97. The second kappa shape index (κ2) is 5.67. The van der Waals surface area contributed by atoms with Crippen LogP contribution in [0.3, 0.4) is 0 Å². The van der Waals surface area contributed by atoms with E-state index in [9.17, 15) is 8.42 Å². The van der Waals surface area contributed by atoms with Gasteiger partial charge in [-0.15, -0.1) is 0 Å². The first-order valence-corrected chi connectivity index (χ1v) is 7.31. The third kappa shape index (κ3) is 3.20. The van der Waals surface area contributed by atoms with Crippen LogP contribution in [0.25, 0.3) is 6.08 Å². The van der Waals surface area contributed by atoms with Crippen molar-refractivity contribution in [3.05, 3.63) is 83.8 Å². The molecule has 0 aliphatic rings. The number of hydrogen-bond acceptors (Lipinski definition) is 2. The van der Waals surface area contributed by atoms with Crippen LogP contribution in [0.5, 0.6) is 0 Å². The Morgan fingerprint density at radius 3 is 2.00 bits per heavy atom. The highest BCUT2D eigenvalue weighted by Gasteiger charge is 2.15. The van der Waals surface area contributed by atoms with E-state index in [4.69, 9.17) is 0 Å². The van der Waals surface area contributed by atoms with E-state index in [0.29, 0.717) is 0 Å². The van der Waals surface area contributed by atoms with Crippen molar-refractivity contribution >= 4 is 15.9 Å². The molecule has 2 rings (SSSR count). The van der Waals surface area contributed by atoms with Crippen LogP contribution in [0.2, 0.25) is 0 Å². The Bertz CT molecular complexity index is 684. The van der Waals surface area contributed by atoms with E-state index in [2.05, 4.69) is 6.58 Å². The second-order valence-corrected chi connectivity index (χ2v) is 6.03. The van der Waals surface area contributed by atoms with Crippen LogP contribution in [-0.4, -0.2) is 8.42 Å². The van der Waals surface area contributed by atoms with Gasteiger partial charge in [-0.3, -0.25) is 0 Å². The van der Waals surface area contributed by atoms with Gasteiger partial charge in [0.25, 0.3) is 0 Å². The number of hydrogen-bond donors (Lipinski definition) is 0. The number of allylic oxidation sites excluding steroid dienone is 1. The summed E-state index contributed by atoms with van der Waals surface area (Å²) in [5.74, 6) is 0. The average molecular weight is 270 g/mol. The summed E-state index contributed by atoms with van der Waals surface area (Å²) >= 11 is 0. The lowest BCUT2D eigenvalue weighted by molar-refractivity contribution is 0.603. The summed E-state index contributed by atoms with van der Waals surface area (Å²) in [5, 5.41) is 0. The van der Waals surface area contributed by atoms with E-state index < -0.39 is 9.84 Å². The molecule has 0 atom stereocenters. The lowest BCUT2D eigenvalue weighted by atomic mass is 10.2. The maximum atomic E-state index is 12.2. The Morgan fingerprint density at radius 2 is 1.42 bits per heavy atom. The van der Waals surface area contributed by atoms with Gasteiger partial charge in [-0.1, -0.05) is 61.2 Å². The highest BCUT2D eigenvalue weighted by molar-refractivity contribution is 7.95. The first-order chi connectivity index (χ1) is 9.10. The highest BCUT2D eigenvalue weighted by atomic mass is 32.2. The van der Waals surface area contributed by atoms with Gasteiger partial charge in [-0.05, 0) is 23.8 Å². The molecule has 0 amide bonds. The normalized spacial score (nSPS) is 11.6. The van der Waals surface area contributed by atoms with E-state index in [1.807, 2.05) is 30.3 Å². The van der Waals surface area contributed by atoms with Crippen molar-refractivity contribution in [2.24, 2.45) is 0 Å². The molecule has 0 bridgehead atoms. The maximum Gasteiger partial charge on any atom is 0.206 e. The summed E-state index contributed by atoms with van der Waals surface area (Å²) in [6.07, 6.45) is 3.26. The summed E-state index contributed by atoms with van der Waals surface area (Å²) in [6.45, 7) is 3.64. The molecule has 0 unspecified atom stereocenters. The van der Waals surface area contributed by atoms with Crippen molar-refractivity contribution in [1.82, 2.24) is 0 Å². The van der Waals surface area contributed by atoms with Gasteiger partial charge in [0.05, 0.1) is 9.80 Å². The minimum atomic E-state index is -3.49. The molecule has 0 heterocycles. The van der Waals surface area contributed by atoms with E-state index in [-0.39, 0.29) is 9.80 Å². The fourth-order valence-electron chi connectivity index (χ4n) is 1.59. The molecular weight excluding hydrogens is 256 g/mol. The van der Waals surface area contributed by atoms with Gasteiger partial charge in [0.15, 0.2) is 0 Å². The zero-order chi connectivity index (χ0) is 13.7. The summed E-state index contributed by atoms with van der Waals surface area (Å²) in [7, 11) is -3.49. The van der Waals surface area contributed by atoms with Gasteiger partial charge < -0.3 is 0 Å². The van der Waals surface area contributed by atoms with Crippen LogP contribution in [0, 0.1) is 0 Å². The van der Waals surface area contributed by atoms with Crippen molar-refractivity contribution in [2.45, 2.75) is 4.90 Å². The lowest BCUT2D eigenvalue weighted by Gasteiger charge is -2.03. The summed E-state index contributed by atoms with van der Waals surface area (Å²) in [6, 6.07) is 17.8. The molecule has 0 saturated carbocycles. The van der Waals surface area contributed by atoms with Crippen molar-refractivity contribution in [3.8, 4) is 0 Å². The Hall–Kier alpha value is -2.13. The summed E-state index contributed by atoms with van der Waals surface area (Å²) < 4.78 is 24.4. The zero-order valence-electron chi connectivity index (χ0n) is 10.4. The Labute approximate surface area is 113 Å². The fraction of sp³-hybridized carbons (Fsp3) is 0. The van der Waals surface area contributed by atoms with Gasteiger partial charge in [-0.25, -0.2) is 8.42 Å². The van der Waals surface area contributed by atoms with Gasteiger partial charge in [0.2, 0.25) is 9.84 Å². The number of rotatable bonds is 4. The average Bonchev–Trinajstić information content (AvgIpc) is 2.46. The number of sulfone groups is 1. The largest absolute Gasteiger partial charge is 0.219 e. The van der Waals surface area contributed by atoms with E-state index in [1.54, 1.807) is 36.4 Å². The predicted molar refractivity (Wildman–Crippen MR) is 78.2 cm³/mol. The van der Waals surface area contributed by atoms with Crippen LogP contribution in [-0.2, 0) is 9.84 Å². The molecule has 0 N–H and O–H groups in total. The van der Waals surface area contributed by atoms with E-state index >= 15 is 0 Å². The van der Waals surface area contributed by atoms with Crippen LogP contribution in [0.4, 0.5) is 0 Å². The van der Waals surface area contributed by atoms with Gasteiger partial charge in [0, 0.05) is 0 Å². The maximum absolute atomic E-state index is 12.2. The lowest BCUT2D eigenvalue weighted by Crippen LogP contribution is -2.01. The summed E-state index contributed by atoms with van der Waals surface area (Å²) in [5.41, 5.74) is 0.937. The SMILES string of the molecule is C=C(/C=C/c1ccccc1)S(=O)(=O)c1ccccc1. The minimum absolute atomic E-state index is 0.0857. The third-order valence-electron chi connectivity index (χ3n) is 2.66. The molecule has 0 radical (unpaired) electrons. The smallest absolute Gasteiger partial charge is 0.206 e. The molecule has 0 aliphatic carbocycles. The molecular formula is C16H14O2S. The monoisotopic (exact) mass is 270 g/mol. The summed E-state index contributed by atoms with van der Waals surface area (Å²) in [4.78, 5) is 0.347. The zero-order valence-corrected chi connectivity index (χ0v) is 11.2. The fourth-order valence-corrected chi connectivity index (χ4v) is 2.66. The van der Waals surface area contributed by atoms with Gasteiger partial charge in [0.1, 0.15) is 0 Å². The first kappa shape index (κ1) is 13.3. The Balaban J connectivity index is 2.24. The van der Waals surface area contributed by atoms with Gasteiger partial charge >= 0.3 is 0 Å². The van der Waals surface area contributed by atoms with Crippen LogP contribution >= 0.6 is 0 Å². The van der Waals surface area contributed by atoms with Gasteiger partial charge in [-0.2, -0.15) is 0 Å². The first-order valence-electron chi connectivity index (χ1n) is 5.83. The quantitative estimate of drug-likeness (QED) is 0.794.